The van der Waals surface area contributed by atoms with Gasteiger partial charge in [-0.1, -0.05) is 0 Å². The predicted octanol–water partition coefficient (Wildman–Crippen LogP) is -0.387. The normalized spacial score (nSPS) is 16.9. The Bertz CT molecular complexity index is 1160. The second-order valence-corrected chi connectivity index (χ2v) is 10.6. The Kier molecular flexibility index (Phi) is 6.17. The fourth-order valence-electron chi connectivity index (χ4n) is 3.19. The highest BCUT2D eigenvalue weighted by atomic mass is 32.2. The number of carbonyl (C=O) groups is 1. The first-order valence-electron chi connectivity index (χ1n) is 9.03. The van der Waals surface area contributed by atoms with Crippen LogP contribution in [0.15, 0.2) is 40.6 Å². The van der Waals surface area contributed by atoms with Crippen LogP contribution in [0.5, 0.6) is 5.75 Å². The largest absolute Gasteiger partial charge is 0.496 e. The molecule has 2 heterocycles. The Balaban J connectivity index is 1.84. The van der Waals surface area contributed by atoms with Crippen molar-refractivity contribution in [2.24, 2.45) is 12.8 Å². The number of hydrogen-bond donors (Lipinski definition) is 1. The maximum atomic E-state index is 13.1. The minimum Gasteiger partial charge on any atom is -0.496 e. The summed E-state index contributed by atoms with van der Waals surface area (Å²) in [5.74, 6) is -0.641. The van der Waals surface area contributed by atoms with Crippen molar-refractivity contribution in [2.75, 3.05) is 33.3 Å². The molecule has 0 atom stereocenters. The number of methoxy groups -OCH3 is 1. The van der Waals surface area contributed by atoms with Gasteiger partial charge in [0.25, 0.3) is 15.9 Å². The molecule has 1 aromatic carbocycles. The van der Waals surface area contributed by atoms with Gasteiger partial charge in [0.15, 0.2) is 5.03 Å². The number of nitrogens with two attached hydrogens (primary N) is 1. The van der Waals surface area contributed by atoms with Gasteiger partial charge in [-0.15, -0.1) is 0 Å². The summed E-state index contributed by atoms with van der Waals surface area (Å²) >= 11 is 0. The van der Waals surface area contributed by atoms with E-state index in [-0.39, 0.29) is 47.4 Å². The molecular weight excluding hydrogens is 434 g/mol. The molecule has 3 rings (SSSR count). The van der Waals surface area contributed by atoms with Crippen LogP contribution >= 0.6 is 0 Å². The number of aryl methyl sites for hydroxylation is 1. The van der Waals surface area contributed by atoms with Crippen molar-refractivity contribution in [3.05, 3.63) is 36.3 Å². The van der Waals surface area contributed by atoms with Gasteiger partial charge < -0.3 is 15.0 Å². The molecule has 0 radical (unpaired) electrons. The lowest BCUT2D eigenvalue weighted by atomic mass is 10.2. The minimum atomic E-state index is -3.97. The number of primary amides is 1. The molecule has 0 saturated carbocycles. The van der Waals surface area contributed by atoms with E-state index in [1.165, 1.54) is 51.0 Å². The molecule has 1 aromatic heterocycles. The van der Waals surface area contributed by atoms with E-state index in [1.807, 2.05) is 0 Å². The van der Waals surface area contributed by atoms with Crippen LogP contribution in [0, 0.1) is 0 Å². The van der Waals surface area contributed by atoms with Crippen molar-refractivity contribution in [3.8, 4) is 5.75 Å². The van der Waals surface area contributed by atoms with Crippen LogP contribution in [0.25, 0.3) is 0 Å². The monoisotopic (exact) mass is 457 g/mol. The van der Waals surface area contributed by atoms with Crippen molar-refractivity contribution in [3.63, 3.8) is 0 Å². The second-order valence-electron chi connectivity index (χ2n) is 6.77. The van der Waals surface area contributed by atoms with Crippen LogP contribution < -0.4 is 10.5 Å². The lowest BCUT2D eigenvalue weighted by Crippen LogP contribution is -2.37. The second kappa shape index (κ2) is 8.34. The number of carbonyl (C=O) groups excluding carboxylic acids is 1. The first kappa shape index (κ1) is 22.2. The molecule has 0 aliphatic carbocycles. The summed E-state index contributed by atoms with van der Waals surface area (Å²) in [6.45, 7) is 0.248. The van der Waals surface area contributed by atoms with E-state index >= 15 is 0 Å². The molecule has 1 amide bonds. The minimum absolute atomic E-state index is 0.0169. The Hall–Kier alpha value is -2.48. The Morgan fingerprint density at radius 2 is 1.70 bits per heavy atom. The molecule has 0 bridgehead atoms. The Morgan fingerprint density at radius 3 is 2.23 bits per heavy atom. The van der Waals surface area contributed by atoms with Crippen molar-refractivity contribution in [1.82, 2.24) is 18.2 Å². The van der Waals surface area contributed by atoms with Crippen LogP contribution in [0.2, 0.25) is 0 Å². The van der Waals surface area contributed by atoms with Gasteiger partial charge in [-0.2, -0.15) is 8.61 Å². The molecule has 1 aliphatic heterocycles. The van der Waals surface area contributed by atoms with E-state index in [9.17, 15) is 21.6 Å². The molecule has 13 heteroatoms. The van der Waals surface area contributed by atoms with E-state index in [0.717, 1.165) is 0 Å². The molecule has 1 fully saturated rings. The van der Waals surface area contributed by atoms with Gasteiger partial charge >= 0.3 is 0 Å². The van der Waals surface area contributed by atoms with Crippen molar-refractivity contribution >= 4 is 26.0 Å². The summed E-state index contributed by atoms with van der Waals surface area (Å²) in [6.07, 6.45) is 3.10. The average Bonchev–Trinajstić information content (AvgIpc) is 2.99. The number of benzene rings is 1. The number of hydrogen-bond acceptors (Lipinski definition) is 7. The van der Waals surface area contributed by atoms with Crippen LogP contribution in [0.4, 0.5) is 0 Å². The van der Waals surface area contributed by atoms with E-state index < -0.39 is 26.0 Å². The standard InChI is InChI=1S/C17H23N5O6S2/c1-20-11-16(19-12-20)30(26,27)22-7-3-6-21(8-9-22)29(24,25)13-4-5-15(28-2)14(10-13)17(18)23/h4-5,10-12H,3,6-9H2,1-2H3,(H2,18,23). The maximum Gasteiger partial charge on any atom is 0.262 e. The van der Waals surface area contributed by atoms with Crippen molar-refractivity contribution in [1.29, 1.82) is 0 Å². The van der Waals surface area contributed by atoms with Crippen LogP contribution in [-0.4, -0.2) is 74.2 Å². The summed E-state index contributed by atoms with van der Waals surface area (Å²) in [4.78, 5) is 15.4. The zero-order valence-corrected chi connectivity index (χ0v) is 18.2. The van der Waals surface area contributed by atoms with Gasteiger partial charge in [-0.3, -0.25) is 4.79 Å². The summed E-state index contributed by atoms with van der Waals surface area (Å²) < 4.78 is 60.8. The molecule has 0 spiro atoms. The average molecular weight is 458 g/mol. The predicted molar refractivity (Wildman–Crippen MR) is 107 cm³/mol. The molecule has 11 nitrogen and oxygen atoms in total. The van der Waals surface area contributed by atoms with E-state index in [4.69, 9.17) is 10.5 Å². The topological polar surface area (TPSA) is 145 Å². The smallest absolute Gasteiger partial charge is 0.262 e. The highest BCUT2D eigenvalue weighted by molar-refractivity contribution is 7.89. The van der Waals surface area contributed by atoms with Crippen LogP contribution in [0.3, 0.4) is 0 Å². The highest BCUT2D eigenvalue weighted by Gasteiger charge is 2.33. The molecular formula is C17H23N5O6S2. The quantitative estimate of drug-likeness (QED) is 0.622. The Labute approximate surface area is 175 Å². The number of imidazole rings is 1. The summed E-state index contributed by atoms with van der Waals surface area (Å²) in [5.41, 5.74) is 5.27. The number of ether oxygens (including phenoxy) is 1. The summed E-state index contributed by atoms with van der Waals surface area (Å²) in [6, 6.07) is 3.86. The number of nitrogens with zero attached hydrogens (tertiary/aromatic N) is 4. The number of aromatic nitrogens is 2. The Morgan fingerprint density at radius 1 is 1.07 bits per heavy atom. The maximum absolute atomic E-state index is 13.1. The summed E-state index contributed by atoms with van der Waals surface area (Å²) in [7, 11) is -4.78. The van der Waals surface area contributed by atoms with E-state index in [0.29, 0.717) is 6.42 Å². The van der Waals surface area contributed by atoms with Gasteiger partial charge in [0, 0.05) is 39.4 Å². The third kappa shape index (κ3) is 4.19. The highest BCUT2D eigenvalue weighted by Crippen LogP contribution is 2.25. The number of sulfonamides is 2. The van der Waals surface area contributed by atoms with Crippen molar-refractivity contribution < 1.29 is 26.4 Å². The SMILES string of the molecule is COc1ccc(S(=O)(=O)N2CCCN(S(=O)(=O)c3cn(C)cn3)CC2)cc1C(N)=O. The van der Waals surface area contributed by atoms with Crippen molar-refractivity contribution in [2.45, 2.75) is 16.3 Å². The molecule has 2 N–H and O–H groups in total. The van der Waals surface area contributed by atoms with Gasteiger partial charge in [0.1, 0.15) is 5.75 Å². The van der Waals surface area contributed by atoms with Crippen LogP contribution in [-0.2, 0) is 27.1 Å². The first-order chi connectivity index (χ1) is 14.1. The third-order valence-corrected chi connectivity index (χ3v) is 8.45. The fraction of sp³-hybridized carbons (Fsp3) is 0.412. The van der Waals surface area contributed by atoms with E-state index in [1.54, 1.807) is 7.05 Å². The molecule has 1 aliphatic rings. The number of rotatable bonds is 6. The third-order valence-electron chi connectivity index (χ3n) is 4.77. The van der Waals surface area contributed by atoms with Crippen LogP contribution in [0.1, 0.15) is 16.8 Å². The molecule has 0 unspecified atom stereocenters. The molecule has 164 valence electrons. The van der Waals surface area contributed by atoms with E-state index in [2.05, 4.69) is 4.98 Å². The van der Waals surface area contributed by atoms with Gasteiger partial charge in [0.2, 0.25) is 10.0 Å². The zero-order valence-electron chi connectivity index (χ0n) is 16.6. The van der Waals surface area contributed by atoms with Gasteiger partial charge in [0.05, 0.1) is 23.9 Å². The lowest BCUT2D eigenvalue weighted by molar-refractivity contribution is 0.0997. The van der Waals surface area contributed by atoms with Gasteiger partial charge in [-0.05, 0) is 24.6 Å². The zero-order chi connectivity index (χ0) is 22.1. The molecule has 1 saturated heterocycles. The van der Waals surface area contributed by atoms with Gasteiger partial charge in [-0.25, -0.2) is 21.8 Å². The number of amides is 1. The molecule has 30 heavy (non-hydrogen) atoms. The summed E-state index contributed by atoms with van der Waals surface area (Å²) in [5, 5.41) is -0.0810. The molecule has 2 aromatic rings. The lowest BCUT2D eigenvalue weighted by Gasteiger charge is -2.21. The fourth-order valence-corrected chi connectivity index (χ4v) is 6.13. The first-order valence-corrected chi connectivity index (χ1v) is 11.9.